The fraction of sp³-hybridized carbons (Fsp3) is 0.929. The Kier molecular flexibility index (Phi) is 6.82. The van der Waals surface area contributed by atoms with Crippen LogP contribution in [-0.4, -0.2) is 54.1 Å². The molecular formula is C14H26F2N2O2. The van der Waals surface area contributed by atoms with E-state index in [2.05, 4.69) is 5.32 Å². The Morgan fingerprint density at radius 3 is 2.55 bits per heavy atom. The molecule has 0 radical (unpaired) electrons. The molecule has 0 aromatic heterocycles. The van der Waals surface area contributed by atoms with Gasteiger partial charge in [-0.2, -0.15) is 0 Å². The molecule has 1 rings (SSSR count). The Morgan fingerprint density at radius 2 is 2.05 bits per heavy atom. The van der Waals surface area contributed by atoms with Crippen molar-refractivity contribution in [3.05, 3.63) is 0 Å². The third kappa shape index (κ3) is 4.98. The van der Waals surface area contributed by atoms with Gasteiger partial charge in [0, 0.05) is 31.0 Å². The van der Waals surface area contributed by atoms with Gasteiger partial charge in [-0.1, -0.05) is 20.8 Å². The molecule has 1 amide bonds. The predicted molar refractivity (Wildman–Crippen MR) is 73.6 cm³/mol. The summed E-state index contributed by atoms with van der Waals surface area (Å²) in [7, 11) is 0. The van der Waals surface area contributed by atoms with Gasteiger partial charge in [0.05, 0.1) is 12.6 Å². The Labute approximate surface area is 119 Å². The van der Waals surface area contributed by atoms with Crippen LogP contribution in [0.1, 0.15) is 33.6 Å². The van der Waals surface area contributed by atoms with Gasteiger partial charge in [-0.3, -0.25) is 4.79 Å². The summed E-state index contributed by atoms with van der Waals surface area (Å²) in [6, 6.07) is -0.174. The number of piperidine rings is 1. The third-order valence-corrected chi connectivity index (χ3v) is 3.81. The van der Waals surface area contributed by atoms with E-state index in [4.69, 9.17) is 0 Å². The summed E-state index contributed by atoms with van der Waals surface area (Å²) < 4.78 is 24.6. The van der Waals surface area contributed by atoms with Crippen molar-refractivity contribution in [3.63, 3.8) is 0 Å². The van der Waals surface area contributed by atoms with E-state index in [1.165, 1.54) is 0 Å². The number of hydrogen-bond acceptors (Lipinski definition) is 3. The second kappa shape index (κ2) is 7.88. The smallest absolute Gasteiger partial charge is 0.250 e. The van der Waals surface area contributed by atoms with Crippen LogP contribution in [0.5, 0.6) is 0 Å². The van der Waals surface area contributed by atoms with E-state index in [0.29, 0.717) is 25.9 Å². The average molecular weight is 292 g/mol. The highest BCUT2D eigenvalue weighted by atomic mass is 19.3. The molecule has 2 N–H and O–H groups in total. The first-order chi connectivity index (χ1) is 9.35. The number of halogens is 2. The fourth-order valence-corrected chi connectivity index (χ4v) is 2.70. The summed E-state index contributed by atoms with van der Waals surface area (Å²) in [5.74, 6) is -0.156. The zero-order valence-electron chi connectivity index (χ0n) is 12.5. The van der Waals surface area contributed by atoms with Crippen molar-refractivity contribution in [2.75, 3.05) is 19.6 Å². The van der Waals surface area contributed by atoms with Crippen molar-refractivity contribution < 1.29 is 18.7 Å². The van der Waals surface area contributed by atoms with E-state index in [-0.39, 0.29) is 30.3 Å². The molecule has 3 unspecified atom stereocenters. The number of aliphatic hydroxyl groups excluding tert-OH is 1. The molecule has 1 aliphatic heterocycles. The quantitative estimate of drug-likeness (QED) is 0.780. The number of aliphatic hydroxyl groups is 1. The highest BCUT2D eigenvalue weighted by Crippen LogP contribution is 2.23. The van der Waals surface area contributed by atoms with Crippen molar-refractivity contribution in [1.82, 2.24) is 10.2 Å². The molecule has 0 spiro atoms. The van der Waals surface area contributed by atoms with Crippen LogP contribution in [0.4, 0.5) is 8.78 Å². The van der Waals surface area contributed by atoms with E-state index in [0.717, 1.165) is 0 Å². The van der Waals surface area contributed by atoms with Crippen molar-refractivity contribution in [2.24, 2.45) is 11.8 Å². The van der Waals surface area contributed by atoms with Crippen LogP contribution in [0.2, 0.25) is 0 Å². The molecule has 0 aromatic rings. The summed E-state index contributed by atoms with van der Waals surface area (Å²) in [6.07, 6.45) is -1.66. The monoisotopic (exact) mass is 292 g/mol. The largest absolute Gasteiger partial charge is 0.393 e. The third-order valence-electron chi connectivity index (χ3n) is 3.81. The molecule has 1 fully saturated rings. The molecule has 118 valence electrons. The molecule has 3 atom stereocenters. The molecule has 0 aromatic carbocycles. The minimum Gasteiger partial charge on any atom is -0.393 e. The standard InChI is InChI=1S/C14H26F2N2O2/c1-4-12(19)10-5-11(17-6-13(15)16)8-18(7-10)14(20)9(2)3/h9-13,17,19H,4-8H2,1-3H3. The normalized spacial score (nSPS) is 25.3. The Balaban J connectivity index is 2.69. The van der Waals surface area contributed by atoms with E-state index in [1.54, 1.807) is 4.90 Å². The summed E-state index contributed by atoms with van der Waals surface area (Å²) in [4.78, 5) is 13.8. The minimum atomic E-state index is -2.40. The Morgan fingerprint density at radius 1 is 1.40 bits per heavy atom. The molecule has 1 heterocycles. The van der Waals surface area contributed by atoms with Gasteiger partial charge >= 0.3 is 0 Å². The Hall–Kier alpha value is -0.750. The zero-order valence-corrected chi connectivity index (χ0v) is 12.5. The first kappa shape index (κ1) is 17.3. The molecule has 0 bridgehead atoms. The molecule has 4 nitrogen and oxygen atoms in total. The molecule has 0 aliphatic carbocycles. The zero-order chi connectivity index (χ0) is 15.3. The van der Waals surface area contributed by atoms with Crippen molar-refractivity contribution in [2.45, 2.75) is 52.2 Å². The number of likely N-dealkylation sites (tertiary alicyclic amines) is 1. The maximum absolute atomic E-state index is 12.3. The predicted octanol–water partition coefficient (Wildman–Crippen LogP) is 1.49. The SMILES string of the molecule is CCC(O)C1CC(NCC(F)F)CN(C(=O)C(C)C)C1. The van der Waals surface area contributed by atoms with Gasteiger partial charge in [-0.05, 0) is 12.8 Å². The van der Waals surface area contributed by atoms with Crippen molar-refractivity contribution in [1.29, 1.82) is 0 Å². The second-order valence-electron chi connectivity index (χ2n) is 5.87. The van der Waals surface area contributed by atoms with Gasteiger partial charge in [0.1, 0.15) is 0 Å². The fourth-order valence-electron chi connectivity index (χ4n) is 2.70. The molecule has 1 aliphatic rings. The molecule has 20 heavy (non-hydrogen) atoms. The first-order valence-corrected chi connectivity index (χ1v) is 7.33. The van der Waals surface area contributed by atoms with Gasteiger partial charge < -0.3 is 15.3 Å². The number of carbonyl (C=O) groups is 1. The second-order valence-corrected chi connectivity index (χ2v) is 5.87. The van der Waals surface area contributed by atoms with E-state index in [1.807, 2.05) is 20.8 Å². The van der Waals surface area contributed by atoms with Crippen LogP contribution in [0.15, 0.2) is 0 Å². The maximum atomic E-state index is 12.3. The summed E-state index contributed by atoms with van der Waals surface area (Å²) in [5.41, 5.74) is 0. The van der Waals surface area contributed by atoms with Crippen molar-refractivity contribution >= 4 is 5.91 Å². The topological polar surface area (TPSA) is 52.6 Å². The number of rotatable bonds is 6. The van der Waals surface area contributed by atoms with Crippen LogP contribution < -0.4 is 5.32 Å². The van der Waals surface area contributed by atoms with Crippen molar-refractivity contribution in [3.8, 4) is 0 Å². The average Bonchev–Trinajstić information content (AvgIpc) is 2.42. The van der Waals surface area contributed by atoms with E-state index >= 15 is 0 Å². The molecule has 0 saturated carbocycles. The lowest BCUT2D eigenvalue weighted by molar-refractivity contribution is -0.138. The molecule has 1 saturated heterocycles. The maximum Gasteiger partial charge on any atom is 0.250 e. The highest BCUT2D eigenvalue weighted by molar-refractivity contribution is 5.78. The van der Waals surface area contributed by atoms with Gasteiger partial charge in [-0.25, -0.2) is 8.78 Å². The van der Waals surface area contributed by atoms with E-state index in [9.17, 15) is 18.7 Å². The first-order valence-electron chi connectivity index (χ1n) is 7.33. The number of nitrogens with one attached hydrogen (secondary N) is 1. The van der Waals surface area contributed by atoms with Crippen LogP contribution in [0, 0.1) is 11.8 Å². The summed E-state index contributed by atoms with van der Waals surface area (Å²) >= 11 is 0. The van der Waals surface area contributed by atoms with Crippen LogP contribution in [-0.2, 0) is 4.79 Å². The Bertz CT molecular complexity index is 314. The summed E-state index contributed by atoms with van der Waals surface area (Å²) in [6.45, 7) is 6.11. The van der Waals surface area contributed by atoms with Crippen LogP contribution in [0.3, 0.4) is 0 Å². The minimum absolute atomic E-state index is 0.0156. The van der Waals surface area contributed by atoms with E-state index < -0.39 is 12.5 Å². The lowest BCUT2D eigenvalue weighted by Gasteiger charge is -2.40. The summed E-state index contributed by atoms with van der Waals surface area (Å²) in [5, 5.41) is 12.8. The lowest BCUT2D eigenvalue weighted by Crippen LogP contribution is -2.54. The van der Waals surface area contributed by atoms with Crippen LogP contribution >= 0.6 is 0 Å². The van der Waals surface area contributed by atoms with Gasteiger partial charge in [-0.15, -0.1) is 0 Å². The van der Waals surface area contributed by atoms with Gasteiger partial charge in [0.15, 0.2) is 0 Å². The number of amides is 1. The van der Waals surface area contributed by atoms with Crippen LogP contribution in [0.25, 0.3) is 0 Å². The lowest BCUT2D eigenvalue weighted by atomic mass is 9.88. The number of carbonyl (C=O) groups excluding carboxylic acids is 1. The highest BCUT2D eigenvalue weighted by Gasteiger charge is 2.33. The number of nitrogens with zero attached hydrogens (tertiary/aromatic N) is 1. The molecular weight excluding hydrogens is 266 g/mol. The van der Waals surface area contributed by atoms with Gasteiger partial charge in [0.2, 0.25) is 5.91 Å². The number of hydrogen-bond donors (Lipinski definition) is 2. The molecule has 6 heteroatoms. The number of alkyl halides is 2. The van der Waals surface area contributed by atoms with Gasteiger partial charge in [0.25, 0.3) is 6.43 Å².